The lowest BCUT2D eigenvalue weighted by Crippen LogP contribution is -2.30. The van der Waals surface area contributed by atoms with Crippen LogP contribution >= 0.6 is 0 Å². The molecule has 1 heterocycles. The van der Waals surface area contributed by atoms with Gasteiger partial charge in [-0.25, -0.2) is 0 Å². The van der Waals surface area contributed by atoms with Gasteiger partial charge < -0.3 is 4.74 Å². The Kier molecular flexibility index (Phi) is 3.31. The van der Waals surface area contributed by atoms with Gasteiger partial charge >= 0.3 is 0 Å². The van der Waals surface area contributed by atoms with Crippen molar-refractivity contribution in [2.75, 3.05) is 0 Å². The van der Waals surface area contributed by atoms with E-state index in [0.717, 1.165) is 13.0 Å². The Labute approximate surface area is 105 Å². The lowest BCUT2D eigenvalue weighted by Gasteiger charge is -2.32. The molecule has 94 valence electrons. The maximum atomic E-state index is 6.16. The molecule has 1 nitrogen and oxygen atoms in total. The second-order valence-electron chi connectivity index (χ2n) is 5.76. The summed E-state index contributed by atoms with van der Waals surface area (Å²) in [6, 6.07) is 6.89. The zero-order valence-electron chi connectivity index (χ0n) is 11.7. The summed E-state index contributed by atoms with van der Waals surface area (Å²) < 4.78 is 6.16. The molecular formula is C16H24O. The standard InChI is InChI=1S/C16H24O/c1-6-16(12(4)5)15-8-7-13(11(2)3)9-14(15)10-17-16/h7-9,11-12H,6,10H2,1-5H3. The molecule has 2 rings (SSSR count). The van der Waals surface area contributed by atoms with Crippen LogP contribution in [0.4, 0.5) is 0 Å². The van der Waals surface area contributed by atoms with Crippen molar-refractivity contribution < 1.29 is 4.74 Å². The van der Waals surface area contributed by atoms with Crippen LogP contribution in [0.15, 0.2) is 18.2 Å². The van der Waals surface area contributed by atoms with Crippen LogP contribution in [0.1, 0.15) is 63.6 Å². The minimum Gasteiger partial charge on any atom is -0.365 e. The van der Waals surface area contributed by atoms with Crippen LogP contribution in [0, 0.1) is 5.92 Å². The number of benzene rings is 1. The number of fused-ring (bicyclic) bond motifs is 1. The lowest BCUT2D eigenvalue weighted by molar-refractivity contribution is -0.0753. The van der Waals surface area contributed by atoms with Crippen LogP contribution in [0.25, 0.3) is 0 Å². The van der Waals surface area contributed by atoms with Gasteiger partial charge in [0.15, 0.2) is 0 Å². The Hall–Kier alpha value is -0.820. The molecule has 1 heteroatoms. The van der Waals surface area contributed by atoms with Gasteiger partial charge in [-0.3, -0.25) is 0 Å². The van der Waals surface area contributed by atoms with Gasteiger partial charge in [0.25, 0.3) is 0 Å². The van der Waals surface area contributed by atoms with Crippen LogP contribution in [-0.4, -0.2) is 0 Å². The average Bonchev–Trinajstić information content (AvgIpc) is 2.67. The third-order valence-corrected chi connectivity index (χ3v) is 4.19. The minimum absolute atomic E-state index is 0.0508. The van der Waals surface area contributed by atoms with Crippen molar-refractivity contribution in [3.63, 3.8) is 0 Å². The van der Waals surface area contributed by atoms with E-state index in [1.54, 1.807) is 0 Å². The molecule has 0 saturated carbocycles. The van der Waals surface area contributed by atoms with E-state index >= 15 is 0 Å². The second-order valence-corrected chi connectivity index (χ2v) is 5.76. The molecule has 0 spiro atoms. The Morgan fingerprint density at radius 2 is 1.94 bits per heavy atom. The van der Waals surface area contributed by atoms with Crippen LogP contribution < -0.4 is 0 Å². The fourth-order valence-electron chi connectivity index (χ4n) is 2.97. The van der Waals surface area contributed by atoms with Crippen LogP contribution in [0.2, 0.25) is 0 Å². The first-order chi connectivity index (χ1) is 8.01. The highest BCUT2D eigenvalue weighted by Gasteiger charge is 2.41. The SMILES string of the molecule is CCC1(C(C)C)OCc2cc(C(C)C)ccc21. The molecule has 0 aromatic heterocycles. The van der Waals surface area contributed by atoms with Crippen molar-refractivity contribution in [3.05, 3.63) is 34.9 Å². The van der Waals surface area contributed by atoms with Crippen molar-refractivity contribution in [2.24, 2.45) is 5.92 Å². The molecule has 0 fully saturated rings. The molecule has 1 atom stereocenters. The quantitative estimate of drug-likeness (QED) is 0.740. The molecule has 0 N–H and O–H groups in total. The highest BCUT2D eigenvalue weighted by atomic mass is 16.5. The van der Waals surface area contributed by atoms with Gasteiger partial charge in [-0.05, 0) is 34.9 Å². The smallest absolute Gasteiger partial charge is 0.0959 e. The maximum Gasteiger partial charge on any atom is 0.0959 e. The monoisotopic (exact) mass is 232 g/mol. The fraction of sp³-hybridized carbons (Fsp3) is 0.625. The van der Waals surface area contributed by atoms with E-state index < -0.39 is 0 Å². The van der Waals surface area contributed by atoms with Crippen molar-refractivity contribution in [2.45, 2.75) is 59.2 Å². The molecule has 0 radical (unpaired) electrons. The molecule has 0 aliphatic carbocycles. The second kappa shape index (κ2) is 4.45. The molecule has 1 unspecified atom stereocenters. The van der Waals surface area contributed by atoms with Gasteiger partial charge in [0.1, 0.15) is 0 Å². The van der Waals surface area contributed by atoms with Crippen LogP contribution in [-0.2, 0) is 16.9 Å². The van der Waals surface area contributed by atoms with Gasteiger partial charge in [-0.2, -0.15) is 0 Å². The summed E-state index contributed by atoms with van der Waals surface area (Å²) in [7, 11) is 0. The summed E-state index contributed by atoms with van der Waals surface area (Å²) in [5.74, 6) is 1.12. The highest BCUT2D eigenvalue weighted by Crippen LogP contribution is 2.45. The third-order valence-electron chi connectivity index (χ3n) is 4.19. The Balaban J connectivity index is 2.46. The van der Waals surface area contributed by atoms with Gasteiger partial charge in [0.05, 0.1) is 12.2 Å². The molecule has 1 aliphatic rings. The van der Waals surface area contributed by atoms with E-state index in [4.69, 9.17) is 4.74 Å². The molecule has 17 heavy (non-hydrogen) atoms. The molecule has 1 aromatic rings. The first kappa shape index (κ1) is 12.6. The summed E-state index contributed by atoms with van der Waals surface area (Å²) in [5.41, 5.74) is 4.18. The van der Waals surface area contributed by atoms with E-state index in [1.165, 1.54) is 16.7 Å². The predicted molar refractivity (Wildman–Crippen MR) is 72.1 cm³/mol. The molecule has 0 amide bonds. The molecule has 1 aromatic carbocycles. The van der Waals surface area contributed by atoms with E-state index in [-0.39, 0.29) is 5.60 Å². The van der Waals surface area contributed by atoms with E-state index in [1.807, 2.05) is 0 Å². The van der Waals surface area contributed by atoms with Crippen LogP contribution in [0.3, 0.4) is 0 Å². The van der Waals surface area contributed by atoms with Crippen molar-refractivity contribution in [1.29, 1.82) is 0 Å². The minimum atomic E-state index is -0.0508. The van der Waals surface area contributed by atoms with E-state index in [2.05, 4.69) is 52.8 Å². The Morgan fingerprint density at radius 1 is 1.24 bits per heavy atom. The van der Waals surface area contributed by atoms with Crippen molar-refractivity contribution >= 4 is 0 Å². The summed E-state index contributed by atoms with van der Waals surface area (Å²) in [5, 5.41) is 0. The summed E-state index contributed by atoms with van der Waals surface area (Å²) >= 11 is 0. The summed E-state index contributed by atoms with van der Waals surface area (Å²) in [6.07, 6.45) is 1.05. The Morgan fingerprint density at radius 3 is 2.47 bits per heavy atom. The highest BCUT2D eigenvalue weighted by molar-refractivity contribution is 5.40. The number of rotatable bonds is 3. The zero-order valence-corrected chi connectivity index (χ0v) is 11.7. The van der Waals surface area contributed by atoms with E-state index in [9.17, 15) is 0 Å². The zero-order chi connectivity index (χ0) is 12.6. The normalized spacial score (nSPS) is 23.5. The van der Waals surface area contributed by atoms with E-state index in [0.29, 0.717) is 11.8 Å². The van der Waals surface area contributed by atoms with Gasteiger partial charge in [-0.1, -0.05) is 52.8 Å². The predicted octanol–water partition coefficient (Wildman–Crippen LogP) is 4.60. The van der Waals surface area contributed by atoms with Crippen molar-refractivity contribution in [3.8, 4) is 0 Å². The average molecular weight is 232 g/mol. The molecule has 1 aliphatic heterocycles. The summed E-state index contributed by atoms with van der Waals surface area (Å²) in [4.78, 5) is 0. The first-order valence-corrected chi connectivity index (χ1v) is 6.78. The number of hydrogen-bond acceptors (Lipinski definition) is 1. The lowest BCUT2D eigenvalue weighted by atomic mass is 9.80. The Bertz CT molecular complexity index is 406. The number of hydrogen-bond donors (Lipinski definition) is 0. The topological polar surface area (TPSA) is 9.23 Å². The first-order valence-electron chi connectivity index (χ1n) is 6.78. The molecule has 0 bridgehead atoms. The number of ether oxygens (including phenoxy) is 1. The van der Waals surface area contributed by atoms with Gasteiger partial charge in [0.2, 0.25) is 0 Å². The molecular weight excluding hydrogens is 208 g/mol. The summed E-state index contributed by atoms with van der Waals surface area (Å²) in [6.45, 7) is 12.0. The third kappa shape index (κ3) is 1.91. The fourth-order valence-corrected chi connectivity index (χ4v) is 2.97. The van der Waals surface area contributed by atoms with Crippen LogP contribution in [0.5, 0.6) is 0 Å². The largest absolute Gasteiger partial charge is 0.365 e. The maximum absolute atomic E-state index is 6.16. The van der Waals surface area contributed by atoms with Crippen molar-refractivity contribution in [1.82, 2.24) is 0 Å². The molecule has 0 saturated heterocycles. The van der Waals surface area contributed by atoms with Gasteiger partial charge in [-0.15, -0.1) is 0 Å². The van der Waals surface area contributed by atoms with Gasteiger partial charge in [0, 0.05) is 0 Å².